The average Bonchev–Trinajstić information content (AvgIpc) is 3.31. The zero-order valence-electron chi connectivity index (χ0n) is 31.9. The fourth-order valence-corrected chi connectivity index (χ4v) is 9.29. The van der Waals surface area contributed by atoms with Gasteiger partial charge in [-0.05, 0) is 78.5 Å². The van der Waals surface area contributed by atoms with Crippen LogP contribution >= 0.6 is 0 Å². The molecule has 0 spiro atoms. The predicted octanol–water partition coefficient (Wildman–Crippen LogP) is 15.5. The summed E-state index contributed by atoms with van der Waals surface area (Å²) in [6, 6.07) is 26.7. The molecule has 13 heteroatoms. The molecular formula is C48H30F12N+. The molecule has 61 heavy (non-hydrogen) atoms. The Morgan fingerprint density at radius 1 is 0.344 bits per heavy atom. The third kappa shape index (κ3) is 6.64. The number of rotatable bonds is 2. The Kier molecular flexibility index (Phi) is 8.90. The molecule has 1 nitrogen and oxygen atoms in total. The van der Waals surface area contributed by atoms with Crippen LogP contribution in [0.1, 0.15) is 33.4 Å². The topological polar surface area (TPSA) is 0 Å². The van der Waals surface area contributed by atoms with Gasteiger partial charge in [0.25, 0.3) is 0 Å². The van der Waals surface area contributed by atoms with Crippen molar-refractivity contribution < 1.29 is 57.2 Å². The van der Waals surface area contributed by atoms with E-state index in [9.17, 15) is 26.3 Å². The minimum Gasteiger partial charge on any atom is -0.321 e. The van der Waals surface area contributed by atoms with E-state index < -0.39 is 68.9 Å². The fourth-order valence-electron chi connectivity index (χ4n) is 9.29. The van der Waals surface area contributed by atoms with E-state index in [0.29, 0.717) is 43.8 Å². The van der Waals surface area contributed by atoms with Crippen LogP contribution in [-0.4, -0.2) is 18.6 Å². The van der Waals surface area contributed by atoms with Crippen molar-refractivity contribution in [2.75, 3.05) is 14.1 Å². The summed E-state index contributed by atoms with van der Waals surface area (Å²) in [5.74, 6) is 0. The Hall–Kier alpha value is -6.08. The maximum Gasteiger partial charge on any atom is 0.417 e. The van der Waals surface area contributed by atoms with Crippen LogP contribution in [0.25, 0.3) is 76.5 Å². The quantitative estimate of drug-likeness (QED) is 0.120. The van der Waals surface area contributed by atoms with Crippen molar-refractivity contribution in [1.82, 2.24) is 0 Å². The van der Waals surface area contributed by atoms with Crippen LogP contribution in [0.2, 0.25) is 0 Å². The van der Waals surface area contributed by atoms with Crippen LogP contribution in [-0.2, 0) is 37.8 Å². The summed E-state index contributed by atoms with van der Waals surface area (Å²) in [5, 5.41) is 0.292. The Bertz CT molecular complexity index is 2900. The van der Waals surface area contributed by atoms with E-state index in [4.69, 9.17) is 0 Å². The highest BCUT2D eigenvalue weighted by atomic mass is 19.4. The first-order valence-corrected chi connectivity index (χ1v) is 18.9. The van der Waals surface area contributed by atoms with Crippen LogP contribution in [0.3, 0.4) is 0 Å². The van der Waals surface area contributed by atoms with E-state index in [1.807, 2.05) is 0 Å². The Morgan fingerprint density at radius 2 is 0.639 bits per heavy atom. The fraction of sp³-hybridized carbons (Fsp3) is 0.167. The minimum absolute atomic E-state index is 0.0181. The maximum absolute atomic E-state index is 15.3. The molecule has 0 radical (unpaired) electrons. The third-order valence-corrected chi connectivity index (χ3v) is 11.6. The van der Waals surface area contributed by atoms with Crippen molar-refractivity contribution in [3.63, 3.8) is 0 Å². The predicted molar refractivity (Wildman–Crippen MR) is 212 cm³/mol. The molecule has 1 aliphatic rings. The Balaban J connectivity index is 1.52. The highest BCUT2D eigenvalue weighted by Crippen LogP contribution is 2.55. The summed E-state index contributed by atoms with van der Waals surface area (Å²) in [4.78, 5) is 0. The van der Waals surface area contributed by atoms with E-state index in [1.165, 1.54) is 48.5 Å². The van der Waals surface area contributed by atoms with Gasteiger partial charge < -0.3 is 4.48 Å². The van der Waals surface area contributed by atoms with Gasteiger partial charge in [0.1, 0.15) is 13.1 Å². The van der Waals surface area contributed by atoms with E-state index in [2.05, 4.69) is 0 Å². The molecule has 0 saturated carbocycles. The van der Waals surface area contributed by atoms with Crippen molar-refractivity contribution in [2.24, 2.45) is 0 Å². The zero-order chi connectivity index (χ0) is 43.6. The summed E-state index contributed by atoms with van der Waals surface area (Å²) in [7, 11) is 3.45. The Morgan fingerprint density at radius 3 is 0.967 bits per heavy atom. The summed E-state index contributed by atoms with van der Waals surface area (Å²) in [5.41, 5.74) is -5.68. The van der Waals surface area contributed by atoms with Crippen molar-refractivity contribution in [3.8, 4) is 33.4 Å². The summed E-state index contributed by atoms with van der Waals surface area (Å²) in [6.07, 6.45) is -20.8. The van der Waals surface area contributed by atoms with Crippen LogP contribution in [0, 0.1) is 0 Å². The molecule has 0 unspecified atom stereocenters. The lowest BCUT2D eigenvalue weighted by Crippen LogP contribution is -2.37. The van der Waals surface area contributed by atoms with E-state index in [1.54, 1.807) is 62.6 Å². The first kappa shape index (κ1) is 40.3. The normalized spacial score (nSPS) is 14.7. The highest BCUT2D eigenvalue weighted by molar-refractivity contribution is 6.15. The summed E-state index contributed by atoms with van der Waals surface area (Å²) >= 11 is 0. The largest absolute Gasteiger partial charge is 0.417 e. The van der Waals surface area contributed by atoms with Gasteiger partial charge in [-0.3, -0.25) is 0 Å². The van der Waals surface area contributed by atoms with Gasteiger partial charge in [-0.1, -0.05) is 97.1 Å². The van der Waals surface area contributed by atoms with Crippen LogP contribution < -0.4 is 0 Å². The number of alkyl halides is 12. The smallest absolute Gasteiger partial charge is 0.321 e. The molecule has 9 rings (SSSR count). The van der Waals surface area contributed by atoms with Gasteiger partial charge in [0.15, 0.2) is 0 Å². The van der Waals surface area contributed by atoms with Gasteiger partial charge in [-0.2, -0.15) is 52.7 Å². The second kappa shape index (κ2) is 13.5. The zero-order valence-corrected chi connectivity index (χ0v) is 31.9. The molecule has 1 heterocycles. The van der Waals surface area contributed by atoms with Crippen LogP contribution in [0.4, 0.5) is 52.7 Å². The van der Waals surface area contributed by atoms with Gasteiger partial charge in [0.05, 0.1) is 36.3 Å². The molecular weight excluding hydrogens is 819 g/mol. The lowest BCUT2D eigenvalue weighted by atomic mass is 9.79. The van der Waals surface area contributed by atoms with Gasteiger partial charge in [0.2, 0.25) is 0 Å². The number of hydrogen-bond donors (Lipinski definition) is 0. The van der Waals surface area contributed by atoms with Gasteiger partial charge >= 0.3 is 24.7 Å². The lowest BCUT2D eigenvalue weighted by molar-refractivity contribution is -0.916. The molecule has 310 valence electrons. The molecule has 8 aromatic rings. The molecule has 0 saturated heterocycles. The van der Waals surface area contributed by atoms with Crippen molar-refractivity contribution in [1.29, 1.82) is 0 Å². The first-order chi connectivity index (χ1) is 28.5. The molecule has 0 amide bonds. The molecule has 0 bridgehead atoms. The summed E-state index contributed by atoms with van der Waals surface area (Å²) < 4.78 is 179. The highest BCUT2D eigenvalue weighted by Gasteiger charge is 2.44. The van der Waals surface area contributed by atoms with Crippen LogP contribution in [0.5, 0.6) is 0 Å². The number of nitrogens with zero attached hydrogens (tertiary/aromatic N) is 1. The molecule has 0 aliphatic carbocycles. The second-order valence-corrected chi connectivity index (χ2v) is 16.0. The average molecular weight is 849 g/mol. The number of quaternary nitrogens is 1. The molecule has 0 fully saturated rings. The van der Waals surface area contributed by atoms with Gasteiger partial charge in [0, 0.05) is 33.4 Å². The molecule has 1 aliphatic heterocycles. The SMILES string of the molecule is C[N+]1(C)Cc2c(-c3c(C(F)(F)F)cc(C(F)(F)F)c4ccccc34)cc3ccccc3c2-c2c(c(-c3c(C(F)(F)F)cc(C(F)(F)F)c4ccccc34)cc3ccccc23)C1. The monoisotopic (exact) mass is 848 g/mol. The minimum atomic E-state index is -5.28. The lowest BCUT2D eigenvalue weighted by Gasteiger charge is -2.31. The Labute approximate surface area is 339 Å². The van der Waals surface area contributed by atoms with Crippen molar-refractivity contribution in [2.45, 2.75) is 37.8 Å². The van der Waals surface area contributed by atoms with E-state index in [0.717, 1.165) is 12.1 Å². The third-order valence-electron chi connectivity index (χ3n) is 11.6. The maximum atomic E-state index is 15.3. The van der Waals surface area contributed by atoms with Crippen molar-refractivity contribution >= 4 is 43.1 Å². The second-order valence-electron chi connectivity index (χ2n) is 16.0. The first-order valence-electron chi connectivity index (χ1n) is 18.9. The number of fused-ring (bicyclic) bond motifs is 9. The molecule has 0 N–H and O–H groups in total. The number of hydrogen-bond acceptors (Lipinski definition) is 0. The number of halogens is 12. The molecule has 0 atom stereocenters. The van der Waals surface area contributed by atoms with Crippen LogP contribution in [0.15, 0.2) is 121 Å². The van der Waals surface area contributed by atoms with E-state index >= 15 is 26.3 Å². The summed E-state index contributed by atoms with van der Waals surface area (Å²) in [6.45, 7) is -0.102. The van der Waals surface area contributed by atoms with Crippen molar-refractivity contribution in [3.05, 3.63) is 155 Å². The molecule has 0 aromatic heterocycles. The van der Waals surface area contributed by atoms with Gasteiger partial charge in [-0.25, -0.2) is 0 Å². The molecule has 8 aromatic carbocycles. The standard InChI is InChI=1S/C48H30F12N/c1-61(2)23-35-33(41-31-17-9-7-15-29(31)37(45(49,50)51)21-39(41)47(55,56)57)19-25-11-3-5-13-27(25)43(35)44-28-14-6-4-12-26(28)20-34(36(44)24-61)42-32-18-10-8-16-30(32)38(46(52,53)54)22-40(42)48(58,59)60/h3-22H,23-24H2,1-2H3/q+1. The number of benzene rings is 8. The van der Waals surface area contributed by atoms with Gasteiger partial charge in [-0.15, -0.1) is 0 Å². The van der Waals surface area contributed by atoms with E-state index in [-0.39, 0.29) is 51.6 Å².